The van der Waals surface area contributed by atoms with Gasteiger partial charge in [-0.1, -0.05) is 18.2 Å². The Balaban J connectivity index is 2.20. The number of primary amides is 1. The number of aryl methyl sites for hydroxylation is 1. The number of hydrogen-bond acceptors (Lipinski definition) is 3. The predicted molar refractivity (Wildman–Crippen MR) is 68.9 cm³/mol. The van der Waals surface area contributed by atoms with E-state index in [1.165, 1.54) is 6.20 Å². The van der Waals surface area contributed by atoms with Gasteiger partial charge in [-0.15, -0.1) is 0 Å². The lowest BCUT2D eigenvalue weighted by Crippen LogP contribution is -2.09. The van der Waals surface area contributed by atoms with Gasteiger partial charge in [0, 0.05) is 12.7 Å². The Labute approximate surface area is 105 Å². The van der Waals surface area contributed by atoms with E-state index in [1.54, 1.807) is 10.9 Å². The topological polar surface area (TPSA) is 86.9 Å². The van der Waals surface area contributed by atoms with Gasteiger partial charge in [-0.05, 0) is 23.6 Å². The third-order valence-corrected chi connectivity index (χ3v) is 2.89. The van der Waals surface area contributed by atoms with Crippen LogP contribution in [0.1, 0.15) is 27.0 Å². The Morgan fingerprint density at radius 2 is 2.22 bits per heavy atom. The van der Waals surface area contributed by atoms with Gasteiger partial charge >= 0.3 is 0 Å². The molecule has 1 amide bonds. The van der Waals surface area contributed by atoms with Crippen molar-refractivity contribution >= 4 is 5.91 Å². The zero-order valence-electron chi connectivity index (χ0n) is 10.3. The second kappa shape index (κ2) is 5.01. The summed E-state index contributed by atoms with van der Waals surface area (Å²) in [5.41, 5.74) is 14.6. The first kappa shape index (κ1) is 12.3. The number of nitrogens with two attached hydrogens (primary N) is 2. The second-order valence-electron chi connectivity index (χ2n) is 4.26. The van der Waals surface area contributed by atoms with Gasteiger partial charge in [0.25, 0.3) is 5.91 Å². The summed E-state index contributed by atoms with van der Waals surface area (Å²) in [5.74, 6) is -0.462. The third-order valence-electron chi connectivity index (χ3n) is 2.89. The zero-order chi connectivity index (χ0) is 13.1. The molecule has 0 spiro atoms. The van der Waals surface area contributed by atoms with E-state index >= 15 is 0 Å². The van der Waals surface area contributed by atoms with Gasteiger partial charge in [-0.3, -0.25) is 9.48 Å². The van der Waals surface area contributed by atoms with E-state index in [-0.39, 0.29) is 0 Å². The second-order valence-corrected chi connectivity index (χ2v) is 4.26. The zero-order valence-corrected chi connectivity index (χ0v) is 10.3. The summed E-state index contributed by atoms with van der Waals surface area (Å²) in [6.45, 7) is 3.19. The highest BCUT2D eigenvalue weighted by Gasteiger charge is 2.06. The van der Waals surface area contributed by atoms with Crippen LogP contribution in [0.4, 0.5) is 0 Å². The monoisotopic (exact) mass is 244 g/mol. The van der Waals surface area contributed by atoms with Gasteiger partial charge in [0.1, 0.15) is 0 Å². The first-order chi connectivity index (χ1) is 8.60. The van der Waals surface area contributed by atoms with E-state index in [1.807, 2.05) is 19.1 Å². The lowest BCUT2D eigenvalue weighted by molar-refractivity contribution is 0.1000. The van der Waals surface area contributed by atoms with Crippen molar-refractivity contribution < 1.29 is 4.79 Å². The first-order valence-corrected chi connectivity index (χ1v) is 5.71. The van der Waals surface area contributed by atoms with E-state index in [4.69, 9.17) is 11.5 Å². The minimum Gasteiger partial charge on any atom is -0.366 e. The maximum absolute atomic E-state index is 11.0. The fourth-order valence-corrected chi connectivity index (χ4v) is 1.81. The van der Waals surface area contributed by atoms with Crippen LogP contribution >= 0.6 is 0 Å². The van der Waals surface area contributed by atoms with Crippen molar-refractivity contribution in [2.45, 2.75) is 20.0 Å². The molecule has 0 unspecified atom stereocenters. The summed E-state index contributed by atoms with van der Waals surface area (Å²) in [6.07, 6.45) is 3.13. The summed E-state index contributed by atoms with van der Waals surface area (Å²) < 4.78 is 1.70. The largest absolute Gasteiger partial charge is 0.366 e. The number of nitrogens with zero attached hydrogens (tertiary/aromatic N) is 2. The molecule has 0 saturated heterocycles. The minimum atomic E-state index is -0.462. The van der Waals surface area contributed by atoms with Crippen molar-refractivity contribution in [3.63, 3.8) is 0 Å². The maximum Gasteiger partial charge on any atom is 0.251 e. The fraction of sp³-hybridized carbons (Fsp3) is 0.231. The average Bonchev–Trinajstić information content (AvgIpc) is 2.80. The van der Waals surface area contributed by atoms with E-state index in [0.717, 1.165) is 16.7 Å². The van der Waals surface area contributed by atoms with Crippen molar-refractivity contribution in [3.05, 3.63) is 52.8 Å². The SMILES string of the molecule is Cc1cc(CN)ccc1Cn1cc(C(N)=O)cn1. The van der Waals surface area contributed by atoms with Gasteiger partial charge in [-0.25, -0.2) is 0 Å². The van der Waals surface area contributed by atoms with Crippen LogP contribution in [-0.4, -0.2) is 15.7 Å². The smallest absolute Gasteiger partial charge is 0.251 e. The molecule has 5 nitrogen and oxygen atoms in total. The van der Waals surface area contributed by atoms with Gasteiger partial charge < -0.3 is 11.5 Å². The van der Waals surface area contributed by atoms with Crippen LogP contribution in [0.25, 0.3) is 0 Å². The van der Waals surface area contributed by atoms with E-state index in [2.05, 4.69) is 11.2 Å². The Morgan fingerprint density at radius 3 is 2.78 bits per heavy atom. The maximum atomic E-state index is 11.0. The van der Waals surface area contributed by atoms with Gasteiger partial charge in [0.15, 0.2) is 0 Å². The van der Waals surface area contributed by atoms with E-state index < -0.39 is 5.91 Å². The number of amides is 1. The molecule has 1 aromatic carbocycles. The van der Waals surface area contributed by atoms with Gasteiger partial charge in [0.2, 0.25) is 0 Å². The molecule has 5 heteroatoms. The number of benzene rings is 1. The predicted octanol–water partition coefficient (Wildman–Crippen LogP) is 0.797. The van der Waals surface area contributed by atoms with Crippen LogP contribution in [0.5, 0.6) is 0 Å². The summed E-state index contributed by atoms with van der Waals surface area (Å²) in [5, 5.41) is 4.11. The molecule has 94 valence electrons. The van der Waals surface area contributed by atoms with E-state index in [9.17, 15) is 4.79 Å². The molecule has 1 aromatic heterocycles. The molecule has 0 aliphatic carbocycles. The third kappa shape index (κ3) is 2.57. The highest BCUT2D eigenvalue weighted by molar-refractivity contribution is 5.92. The van der Waals surface area contributed by atoms with Crippen LogP contribution in [0.2, 0.25) is 0 Å². The summed E-state index contributed by atoms with van der Waals surface area (Å²) in [7, 11) is 0. The van der Waals surface area contributed by atoms with Crippen molar-refractivity contribution in [3.8, 4) is 0 Å². The molecule has 0 atom stereocenters. The molecule has 0 saturated carbocycles. The molecule has 4 N–H and O–H groups in total. The fourth-order valence-electron chi connectivity index (χ4n) is 1.81. The van der Waals surface area contributed by atoms with Crippen LogP contribution in [0.15, 0.2) is 30.6 Å². The van der Waals surface area contributed by atoms with Crippen molar-refractivity contribution in [2.75, 3.05) is 0 Å². The van der Waals surface area contributed by atoms with Gasteiger partial charge in [0.05, 0.1) is 18.3 Å². The summed E-state index contributed by atoms with van der Waals surface area (Å²) >= 11 is 0. The van der Waals surface area contributed by atoms with Crippen LogP contribution in [-0.2, 0) is 13.1 Å². The van der Waals surface area contributed by atoms with Gasteiger partial charge in [-0.2, -0.15) is 5.10 Å². The van der Waals surface area contributed by atoms with E-state index in [0.29, 0.717) is 18.7 Å². The molecule has 1 heterocycles. The molecule has 0 bridgehead atoms. The Morgan fingerprint density at radius 1 is 1.44 bits per heavy atom. The molecule has 0 aliphatic rings. The number of rotatable bonds is 4. The number of aromatic nitrogens is 2. The number of carbonyl (C=O) groups is 1. The number of hydrogen-bond donors (Lipinski definition) is 2. The average molecular weight is 244 g/mol. The lowest BCUT2D eigenvalue weighted by Gasteiger charge is -2.07. The van der Waals surface area contributed by atoms with Crippen molar-refractivity contribution in [1.82, 2.24) is 9.78 Å². The molecule has 0 aliphatic heterocycles. The lowest BCUT2D eigenvalue weighted by atomic mass is 10.1. The molecule has 2 rings (SSSR count). The molecule has 0 fully saturated rings. The minimum absolute atomic E-state index is 0.422. The molecule has 18 heavy (non-hydrogen) atoms. The summed E-state index contributed by atoms with van der Waals surface area (Å²) in [6, 6.07) is 6.10. The Kier molecular flexibility index (Phi) is 3.43. The molecular weight excluding hydrogens is 228 g/mol. The molecular formula is C13H16N4O. The Bertz CT molecular complexity index is 574. The standard InChI is InChI=1S/C13H16N4O/c1-9-4-10(5-14)2-3-11(9)7-17-8-12(6-16-17)13(15)18/h2-4,6,8H,5,7,14H2,1H3,(H2,15,18). The van der Waals surface area contributed by atoms with Crippen LogP contribution < -0.4 is 11.5 Å². The highest BCUT2D eigenvalue weighted by Crippen LogP contribution is 2.12. The highest BCUT2D eigenvalue weighted by atomic mass is 16.1. The quantitative estimate of drug-likeness (QED) is 0.833. The number of carbonyl (C=O) groups excluding carboxylic acids is 1. The van der Waals surface area contributed by atoms with Crippen LogP contribution in [0.3, 0.4) is 0 Å². The summed E-state index contributed by atoms with van der Waals surface area (Å²) in [4.78, 5) is 11.0. The first-order valence-electron chi connectivity index (χ1n) is 5.71. The molecule has 0 radical (unpaired) electrons. The van der Waals surface area contributed by atoms with Crippen LogP contribution in [0, 0.1) is 6.92 Å². The van der Waals surface area contributed by atoms with Crippen molar-refractivity contribution in [1.29, 1.82) is 0 Å². The van der Waals surface area contributed by atoms with Crippen molar-refractivity contribution in [2.24, 2.45) is 11.5 Å². The normalized spacial score (nSPS) is 10.6. The Hall–Kier alpha value is -2.14. The molecule has 2 aromatic rings.